The van der Waals surface area contributed by atoms with Crippen LogP contribution in [0.4, 0.5) is 22.4 Å². The van der Waals surface area contributed by atoms with E-state index in [0.29, 0.717) is 11.1 Å². The van der Waals surface area contributed by atoms with Crippen LogP contribution < -0.4 is 20.1 Å². The summed E-state index contributed by atoms with van der Waals surface area (Å²) in [6, 6.07) is 10.6. The Balaban J connectivity index is 1.96. The highest BCUT2D eigenvalue weighted by Gasteiger charge is 2.54. The van der Waals surface area contributed by atoms with Gasteiger partial charge in [0.25, 0.3) is 5.91 Å². The first-order valence-corrected chi connectivity index (χ1v) is 15.9. The number of pyridine rings is 1. The van der Waals surface area contributed by atoms with Crippen molar-refractivity contribution in [3.05, 3.63) is 76.7 Å². The maximum Gasteiger partial charge on any atom is 0.419 e. The van der Waals surface area contributed by atoms with Crippen molar-refractivity contribution >= 4 is 18.0 Å². The zero-order chi connectivity index (χ0) is 38.4. The fourth-order valence-corrected chi connectivity index (χ4v) is 4.78. The van der Waals surface area contributed by atoms with Crippen LogP contribution in [0.3, 0.4) is 0 Å². The number of esters is 1. The quantitative estimate of drug-likeness (QED) is 0.139. The predicted molar refractivity (Wildman–Crippen MR) is 179 cm³/mol. The number of alkyl halides is 3. The van der Waals surface area contributed by atoms with E-state index in [1.54, 1.807) is 41.5 Å². The zero-order valence-electron chi connectivity index (χ0n) is 29.7. The second-order valence-electron chi connectivity index (χ2n) is 13.3. The Bertz CT molecular complexity index is 1740. The Morgan fingerprint density at radius 2 is 1.63 bits per heavy atom. The largest absolute Gasteiger partial charge is 0.493 e. The number of halogens is 4. The van der Waals surface area contributed by atoms with Gasteiger partial charge in [-0.15, -0.1) is 0 Å². The smallest absolute Gasteiger partial charge is 0.419 e. The van der Waals surface area contributed by atoms with E-state index in [-0.39, 0.29) is 40.6 Å². The number of carbonyl (C=O) groups is 3. The lowest BCUT2D eigenvalue weighted by molar-refractivity contribution is -0.256. The highest BCUT2D eigenvalue weighted by Crippen LogP contribution is 2.35. The standard InChI is InChI=1S/C36H43F4N3O8/c1-9-49-30(44)19-50-28-13-11-23(15-29(28)48-8)31(45)41-20-35(47,36(38,39)40)18-25-16-24(34(6,7)43-32(46)51-33(3,4)5)17-27(42-25)22-10-12-26(37)21(2)14-22/h10-17,47H,9,18-20H2,1-8H3,(H,41,45)(H,43,46). The summed E-state index contributed by atoms with van der Waals surface area (Å²) in [7, 11) is 1.27. The summed E-state index contributed by atoms with van der Waals surface area (Å²) in [5.74, 6) is -2.02. The number of alkyl carbamates (subject to hydrolysis) is 1. The molecule has 3 aromatic rings. The highest BCUT2D eigenvalue weighted by molar-refractivity contribution is 5.95. The molecule has 0 aliphatic rings. The molecule has 3 N–H and O–H groups in total. The molecule has 1 aromatic heterocycles. The Morgan fingerprint density at radius 3 is 2.22 bits per heavy atom. The van der Waals surface area contributed by atoms with Crippen LogP contribution in [0.1, 0.15) is 68.7 Å². The average molecular weight is 722 g/mol. The lowest BCUT2D eigenvalue weighted by Crippen LogP contribution is -2.55. The summed E-state index contributed by atoms with van der Waals surface area (Å²) in [4.78, 5) is 41.7. The number of nitrogens with zero attached hydrogens (tertiary/aromatic N) is 1. The molecule has 0 saturated carbocycles. The summed E-state index contributed by atoms with van der Waals surface area (Å²) in [5.41, 5.74) is -4.84. The topological polar surface area (TPSA) is 145 Å². The van der Waals surface area contributed by atoms with Crippen LogP contribution in [0.25, 0.3) is 11.3 Å². The minimum Gasteiger partial charge on any atom is -0.493 e. The van der Waals surface area contributed by atoms with Crippen molar-refractivity contribution < 1.29 is 56.0 Å². The molecule has 1 unspecified atom stereocenters. The van der Waals surface area contributed by atoms with Gasteiger partial charge in [0.2, 0.25) is 0 Å². The van der Waals surface area contributed by atoms with Gasteiger partial charge < -0.3 is 34.7 Å². The van der Waals surface area contributed by atoms with Crippen molar-refractivity contribution in [1.29, 1.82) is 0 Å². The van der Waals surface area contributed by atoms with E-state index in [0.717, 1.165) is 0 Å². The van der Waals surface area contributed by atoms with Gasteiger partial charge in [-0.3, -0.25) is 9.78 Å². The third-order valence-corrected chi connectivity index (χ3v) is 7.49. The molecule has 0 aliphatic carbocycles. The molecule has 0 fully saturated rings. The Morgan fingerprint density at radius 1 is 0.941 bits per heavy atom. The number of amides is 2. The van der Waals surface area contributed by atoms with Gasteiger partial charge in [-0.05, 0) is 108 Å². The van der Waals surface area contributed by atoms with Gasteiger partial charge >= 0.3 is 18.2 Å². The molecule has 1 atom stereocenters. The molecule has 1 heterocycles. The van der Waals surface area contributed by atoms with Crippen LogP contribution >= 0.6 is 0 Å². The van der Waals surface area contributed by atoms with Gasteiger partial charge in [0, 0.05) is 23.2 Å². The summed E-state index contributed by atoms with van der Waals surface area (Å²) in [6.07, 6.45) is -7.14. The molecule has 0 saturated heterocycles. The van der Waals surface area contributed by atoms with Gasteiger partial charge in [-0.1, -0.05) is 0 Å². The number of aliphatic hydroxyl groups is 1. The van der Waals surface area contributed by atoms with E-state index < -0.39 is 66.3 Å². The predicted octanol–water partition coefficient (Wildman–Crippen LogP) is 6.17. The van der Waals surface area contributed by atoms with Crippen LogP contribution in [0, 0.1) is 12.7 Å². The van der Waals surface area contributed by atoms with Crippen LogP contribution in [0.5, 0.6) is 11.5 Å². The SMILES string of the molecule is CCOC(=O)COc1ccc(C(=O)NCC(O)(Cc2cc(C(C)(C)NC(=O)OC(C)(C)C)cc(-c3ccc(F)c(C)c3)n2)C(F)(F)F)cc1OC. The highest BCUT2D eigenvalue weighted by atomic mass is 19.4. The number of methoxy groups -OCH3 is 1. The van der Waals surface area contributed by atoms with Gasteiger partial charge in [-0.2, -0.15) is 13.2 Å². The van der Waals surface area contributed by atoms with E-state index in [1.165, 1.54) is 62.6 Å². The summed E-state index contributed by atoms with van der Waals surface area (Å²) in [6.45, 7) is 9.79. The van der Waals surface area contributed by atoms with Gasteiger partial charge in [0.05, 0.1) is 31.5 Å². The molecule has 0 aliphatic heterocycles. The summed E-state index contributed by atoms with van der Waals surface area (Å²) >= 11 is 0. The van der Waals surface area contributed by atoms with Crippen LogP contribution in [0.2, 0.25) is 0 Å². The maximum atomic E-state index is 14.6. The molecule has 278 valence electrons. The molecule has 15 heteroatoms. The second kappa shape index (κ2) is 16.0. The number of hydrogen-bond donors (Lipinski definition) is 3. The third-order valence-electron chi connectivity index (χ3n) is 7.49. The minimum atomic E-state index is -5.25. The maximum absolute atomic E-state index is 14.6. The van der Waals surface area contributed by atoms with Crippen molar-refractivity contribution in [3.63, 3.8) is 0 Å². The fraction of sp³-hybridized carbons (Fsp3) is 0.444. The number of carbonyl (C=O) groups excluding carboxylic acids is 3. The first kappa shape index (κ1) is 40.5. The Labute approximate surface area is 293 Å². The number of aromatic nitrogens is 1. The molecule has 11 nitrogen and oxygen atoms in total. The number of nitrogens with one attached hydrogen (secondary N) is 2. The molecule has 3 rings (SSSR count). The monoisotopic (exact) mass is 721 g/mol. The van der Waals surface area contributed by atoms with Crippen LogP contribution in [0.15, 0.2) is 48.5 Å². The Kier molecular flexibility index (Phi) is 12.7. The molecule has 51 heavy (non-hydrogen) atoms. The van der Waals surface area contributed by atoms with Gasteiger partial charge in [-0.25, -0.2) is 14.0 Å². The van der Waals surface area contributed by atoms with Gasteiger partial charge in [0.15, 0.2) is 23.7 Å². The summed E-state index contributed by atoms with van der Waals surface area (Å²) < 4.78 is 78.6. The second-order valence-corrected chi connectivity index (χ2v) is 13.3. The summed E-state index contributed by atoms with van der Waals surface area (Å²) in [5, 5.41) is 15.9. The molecular formula is C36H43F4N3O8. The first-order valence-electron chi connectivity index (χ1n) is 15.9. The van der Waals surface area contributed by atoms with E-state index in [4.69, 9.17) is 18.9 Å². The van der Waals surface area contributed by atoms with E-state index in [9.17, 15) is 37.1 Å². The fourth-order valence-electron chi connectivity index (χ4n) is 4.78. The van der Waals surface area contributed by atoms with Crippen molar-refractivity contribution in [2.75, 3.05) is 26.9 Å². The third kappa shape index (κ3) is 11.0. The Hall–Kier alpha value is -4.92. The molecule has 2 amide bonds. The molecular weight excluding hydrogens is 678 g/mol. The zero-order valence-corrected chi connectivity index (χ0v) is 29.7. The molecule has 2 aromatic carbocycles. The lowest BCUT2D eigenvalue weighted by atomic mass is 9.89. The van der Waals surface area contributed by atoms with Crippen LogP contribution in [-0.2, 0) is 26.2 Å². The van der Waals surface area contributed by atoms with Crippen molar-refractivity contribution in [2.45, 2.75) is 77.8 Å². The normalized spacial score (nSPS) is 13.1. The average Bonchev–Trinajstić information content (AvgIpc) is 3.02. The van der Waals surface area contributed by atoms with Crippen molar-refractivity contribution in [2.24, 2.45) is 0 Å². The van der Waals surface area contributed by atoms with Gasteiger partial charge in [0.1, 0.15) is 11.4 Å². The number of ether oxygens (including phenoxy) is 4. The van der Waals surface area contributed by atoms with E-state index in [1.807, 2.05) is 0 Å². The molecule has 0 radical (unpaired) electrons. The number of rotatable bonds is 13. The first-order chi connectivity index (χ1) is 23.6. The van der Waals surface area contributed by atoms with E-state index in [2.05, 4.69) is 15.6 Å². The van der Waals surface area contributed by atoms with Crippen LogP contribution in [-0.4, -0.2) is 72.3 Å². The molecule has 0 bridgehead atoms. The van der Waals surface area contributed by atoms with Crippen molar-refractivity contribution in [3.8, 4) is 22.8 Å². The number of aryl methyl sites for hydroxylation is 1. The molecule has 0 spiro atoms. The number of hydrogen-bond acceptors (Lipinski definition) is 9. The van der Waals surface area contributed by atoms with Crippen molar-refractivity contribution in [1.82, 2.24) is 15.6 Å². The minimum absolute atomic E-state index is 0.0187. The number of benzene rings is 2. The van der Waals surface area contributed by atoms with E-state index >= 15 is 0 Å². The lowest BCUT2D eigenvalue weighted by Gasteiger charge is -2.32.